The molecule has 8 heteroatoms. The molecule has 6 nitrogen and oxygen atoms in total. The zero-order valence-electron chi connectivity index (χ0n) is 20.7. The Morgan fingerprint density at radius 2 is 1.66 bits per heavy atom. The summed E-state index contributed by atoms with van der Waals surface area (Å²) in [7, 11) is 0. The van der Waals surface area contributed by atoms with Crippen LogP contribution in [0.3, 0.4) is 0 Å². The molecule has 1 unspecified atom stereocenters. The molecule has 2 aromatic rings. The van der Waals surface area contributed by atoms with E-state index < -0.39 is 28.8 Å². The van der Waals surface area contributed by atoms with E-state index in [9.17, 15) is 18.4 Å². The number of amides is 2. The number of halogens is 2. The molecule has 1 N–H and O–H groups in total. The molecule has 1 aliphatic carbocycles. The molecule has 2 amide bonds. The standard InChI is InChI=1S/C27H33F2N3O3/c1-18(20-15-21(28)17-22(29)16-20)30-24(33)27(10-9-19-7-5-6-8-23(19)27)32-13-11-31(12-14-32)25(34)35-26(2,3)4/h5-8,15-18H,9-14H2,1-4H3,(H,30,33)/t18?,27-/m1/s1. The van der Waals surface area contributed by atoms with E-state index >= 15 is 0 Å². The van der Waals surface area contributed by atoms with Gasteiger partial charge in [-0.25, -0.2) is 13.6 Å². The highest BCUT2D eigenvalue weighted by Gasteiger charge is 2.51. The summed E-state index contributed by atoms with van der Waals surface area (Å²) in [5, 5.41) is 3.02. The van der Waals surface area contributed by atoms with E-state index in [4.69, 9.17) is 4.74 Å². The van der Waals surface area contributed by atoms with Crippen molar-refractivity contribution >= 4 is 12.0 Å². The third-order valence-electron chi connectivity index (χ3n) is 6.80. The molecule has 0 saturated carbocycles. The number of piperazine rings is 1. The second-order valence-corrected chi connectivity index (χ2v) is 10.4. The largest absolute Gasteiger partial charge is 0.444 e. The SMILES string of the molecule is CC(NC(=O)[C@@]1(N2CCN(C(=O)OC(C)(C)C)CC2)CCc2ccccc21)c1cc(F)cc(F)c1. The number of aryl methyl sites for hydroxylation is 1. The van der Waals surface area contributed by atoms with Gasteiger partial charge in [-0.05, 0) is 69.4 Å². The highest BCUT2D eigenvalue weighted by molar-refractivity contribution is 5.89. The summed E-state index contributed by atoms with van der Waals surface area (Å²) in [6.07, 6.45) is 0.984. The van der Waals surface area contributed by atoms with Gasteiger partial charge in [0, 0.05) is 32.2 Å². The lowest BCUT2D eigenvalue weighted by Crippen LogP contribution is -2.61. The number of benzene rings is 2. The monoisotopic (exact) mass is 485 g/mol. The Hall–Kier alpha value is -3.00. The van der Waals surface area contributed by atoms with Crippen LogP contribution in [0.4, 0.5) is 13.6 Å². The predicted molar refractivity (Wildman–Crippen MR) is 129 cm³/mol. The first-order valence-electron chi connectivity index (χ1n) is 12.1. The van der Waals surface area contributed by atoms with E-state index in [2.05, 4.69) is 10.2 Å². The third-order valence-corrected chi connectivity index (χ3v) is 6.80. The minimum atomic E-state index is -0.920. The van der Waals surface area contributed by atoms with Crippen molar-refractivity contribution in [1.82, 2.24) is 15.1 Å². The van der Waals surface area contributed by atoms with Crippen LogP contribution in [0.1, 0.15) is 56.8 Å². The van der Waals surface area contributed by atoms with Crippen molar-refractivity contribution in [1.29, 1.82) is 0 Å². The molecule has 1 saturated heterocycles. The first-order chi connectivity index (χ1) is 16.5. The van der Waals surface area contributed by atoms with Gasteiger partial charge in [0.15, 0.2) is 0 Å². The van der Waals surface area contributed by atoms with Crippen molar-refractivity contribution in [2.24, 2.45) is 0 Å². The second-order valence-electron chi connectivity index (χ2n) is 10.4. The highest BCUT2D eigenvalue weighted by atomic mass is 19.1. The Morgan fingerprint density at radius 1 is 1.03 bits per heavy atom. The zero-order valence-corrected chi connectivity index (χ0v) is 20.7. The Bertz CT molecular complexity index is 1090. The number of fused-ring (bicyclic) bond motifs is 1. The van der Waals surface area contributed by atoms with Gasteiger partial charge in [-0.2, -0.15) is 0 Å². The number of hydrogen-bond donors (Lipinski definition) is 1. The van der Waals surface area contributed by atoms with Crippen molar-refractivity contribution in [2.75, 3.05) is 26.2 Å². The number of nitrogens with zero attached hydrogens (tertiary/aromatic N) is 2. The number of hydrogen-bond acceptors (Lipinski definition) is 4. The molecule has 2 aliphatic rings. The van der Waals surface area contributed by atoms with Gasteiger partial charge in [-0.15, -0.1) is 0 Å². The van der Waals surface area contributed by atoms with Crippen molar-refractivity contribution in [2.45, 2.75) is 57.7 Å². The second kappa shape index (κ2) is 9.57. The molecule has 2 aromatic carbocycles. The zero-order chi connectivity index (χ0) is 25.4. The normalized spacial score (nSPS) is 21.4. The summed E-state index contributed by atoms with van der Waals surface area (Å²) in [4.78, 5) is 30.3. The number of carbonyl (C=O) groups is 2. The summed E-state index contributed by atoms with van der Waals surface area (Å²) in [6, 6.07) is 10.6. The summed E-state index contributed by atoms with van der Waals surface area (Å²) in [5.74, 6) is -1.56. The molecular formula is C27H33F2N3O3. The minimum Gasteiger partial charge on any atom is -0.444 e. The van der Waals surface area contributed by atoms with Gasteiger partial charge < -0.3 is 15.0 Å². The van der Waals surface area contributed by atoms with Crippen molar-refractivity contribution in [3.05, 3.63) is 70.8 Å². The summed E-state index contributed by atoms with van der Waals surface area (Å²) < 4.78 is 33.1. The lowest BCUT2D eigenvalue weighted by molar-refractivity contribution is -0.136. The van der Waals surface area contributed by atoms with Gasteiger partial charge >= 0.3 is 6.09 Å². The van der Waals surface area contributed by atoms with E-state index in [-0.39, 0.29) is 12.0 Å². The van der Waals surface area contributed by atoms with Crippen LogP contribution in [0, 0.1) is 11.6 Å². The molecule has 0 spiro atoms. The Labute approximate surface area is 205 Å². The number of carbonyl (C=O) groups excluding carboxylic acids is 2. The molecular weight excluding hydrogens is 452 g/mol. The van der Waals surface area contributed by atoms with Gasteiger partial charge in [-0.1, -0.05) is 24.3 Å². The van der Waals surface area contributed by atoms with E-state index in [0.29, 0.717) is 38.2 Å². The highest BCUT2D eigenvalue weighted by Crippen LogP contribution is 2.43. The maximum absolute atomic E-state index is 13.9. The van der Waals surface area contributed by atoms with Gasteiger partial charge in [0.05, 0.1) is 6.04 Å². The lowest BCUT2D eigenvalue weighted by Gasteiger charge is -2.45. The maximum Gasteiger partial charge on any atom is 0.410 e. The quantitative estimate of drug-likeness (QED) is 0.691. The molecule has 1 aliphatic heterocycles. The van der Waals surface area contributed by atoms with Crippen LogP contribution in [-0.4, -0.2) is 53.6 Å². The Kier molecular flexibility index (Phi) is 6.86. The third kappa shape index (κ3) is 5.17. The van der Waals surface area contributed by atoms with Crippen LogP contribution in [-0.2, 0) is 21.5 Å². The van der Waals surface area contributed by atoms with Gasteiger partial charge in [-0.3, -0.25) is 9.69 Å². The molecule has 35 heavy (non-hydrogen) atoms. The fraction of sp³-hybridized carbons (Fsp3) is 0.481. The molecule has 2 atom stereocenters. The summed E-state index contributed by atoms with van der Waals surface area (Å²) in [5.41, 5.74) is 0.928. The van der Waals surface area contributed by atoms with Crippen LogP contribution in [0.2, 0.25) is 0 Å². The maximum atomic E-state index is 13.9. The van der Waals surface area contributed by atoms with Crippen molar-refractivity contribution in [3.8, 4) is 0 Å². The van der Waals surface area contributed by atoms with Crippen LogP contribution in [0.25, 0.3) is 0 Å². The topological polar surface area (TPSA) is 61.9 Å². The smallest absolute Gasteiger partial charge is 0.410 e. The Balaban J connectivity index is 1.57. The molecule has 4 rings (SSSR count). The predicted octanol–water partition coefficient (Wildman–Crippen LogP) is 4.54. The van der Waals surface area contributed by atoms with Crippen LogP contribution < -0.4 is 5.32 Å². The minimum absolute atomic E-state index is 0.203. The van der Waals surface area contributed by atoms with E-state index in [1.807, 2.05) is 45.0 Å². The average molecular weight is 486 g/mol. The van der Waals surface area contributed by atoms with Crippen LogP contribution in [0.5, 0.6) is 0 Å². The summed E-state index contributed by atoms with van der Waals surface area (Å²) >= 11 is 0. The average Bonchev–Trinajstić information content (AvgIpc) is 3.18. The summed E-state index contributed by atoms with van der Waals surface area (Å²) in [6.45, 7) is 9.12. The Morgan fingerprint density at radius 3 is 2.29 bits per heavy atom. The molecule has 0 radical (unpaired) electrons. The van der Waals surface area contributed by atoms with Gasteiger partial charge in [0.2, 0.25) is 5.91 Å². The van der Waals surface area contributed by atoms with Crippen LogP contribution >= 0.6 is 0 Å². The van der Waals surface area contributed by atoms with Crippen LogP contribution in [0.15, 0.2) is 42.5 Å². The molecule has 1 heterocycles. The first kappa shape index (κ1) is 25.1. The number of ether oxygens (including phenoxy) is 1. The lowest BCUT2D eigenvalue weighted by atomic mass is 9.87. The van der Waals surface area contributed by atoms with E-state index in [1.54, 1.807) is 11.8 Å². The van der Waals surface area contributed by atoms with Crippen molar-refractivity contribution in [3.63, 3.8) is 0 Å². The number of nitrogens with one attached hydrogen (secondary N) is 1. The molecule has 0 bridgehead atoms. The van der Waals surface area contributed by atoms with E-state index in [1.165, 1.54) is 12.1 Å². The van der Waals surface area contributed by atoms with Gasteiger partial charge in [0.1, 0.15) is 22.8 Å². The fourth-order valence-corrected chi connectivity index (χ4v) is 5.12. The molecule has 1 fully saturated rings. The molecule has 0 aromatic heterocycles. The van der Waals surface area contributed by atoms with Crippen molar-refractivity contribution < 1.29 is 23.1 Å². The van der Waals surface area contributed by atoms with Gasteiger partial charge in [0.25, 0.3) is 0 Å². The molecule has 188 valence electrons. The van der Waals surface area contributed by atoms with E-state index in [0.717, 1.165) is 23.6 Å². The first-order valence-corrected chi connectivity index (χ1v) is 12.1. The number of rotatable bonds is 4. The fourth-order valence-electron chi connectivity index (χ4n) is 5.12.